The number of halogens is 1. The van der Waals surface area contributed by atoms with Crippen molar-refractivity contribution in [1.82, 2.24) is 5.32 Å². The average Bonchev–Trinajstić information content (AvgIpc) is 2.94. The molecule has 0 unspecified atom stereocenters. The molecule has 1 atom stereocenters. The van der Waals surface area contributed by atoms with E-state index in [0.29, 0.717) is 17.3 Å². The predicted octanol–water partition coefficient (Wildman–Crippen LogP) is 4.19. The second kappa shape index (κ2) is 7.38. The summed E-state index contributed by atoms with van der Waals surface area (Å²) in [5, 5.41) is 6.27. The van der Waals surface area contributed by atoms with Gasteiger partial charge in [-0.3, -0.25) is 4.79 Å². The lowest BCUT2D eigenvalue weighted by Crippen LogP contribution is -2.39. The van der Waals surface area contributed by atoms with Gasteiger partial charge in [-0.25, -0.2) is 4.79 Å². The summed E-state index contributed by atoms with van der Waals surface area (Å²) >= 11 is 6.07. The Labute approximate surface area is 158 Å². The second-order valence-electron chi connectivity index (χ2n) is 6.68. The number of hydrogen-bond acceptors (Lipinski definition) is 2. The zero-order valence-corrected chi connectivity index (χ0v) is 15.9. The lowest BCUT2D eigenvalue weighted by atomic mass is 10.1. The van der Waals surface area contributed by atoms with Gasteiger partial charge >= 0.3 is 6.03 Å². The van der Waals surface area contributed by atoms with Crippen LogP contribution in [0.25, 0.3) is 0 Å². The number of amides is 3. The van der Waals surface area contributed by atoms with Crippen LogP contribution in [-0.4, -0.2) is 24.5 Å². The molecule has 1 fully saturated rings. The SMILES string of the molecule is Cc1ccc(N2C[C@@H](NC(=O)Nc3cccc(Cl)c3C)CC2=O)cc1C. The Balaban J connectivity index is 1.64. The molecule has 0 spiro atoms. The van der Waals surface area contributed by atoms with Crippen molar-refractivity contribution in [1.29, 1.82) is 0 Å². The molecule has 6 heteroatoms. The molecule has 3 rings (SSSR count). The Morgan fingerprint density at radius 3 is 2.65 bits per heavy atom. The highest BCUT2D eigenvalue weighted by molar-refractivity contribution is 6.31. The maximum atomic E-state index is 12.4. The van der Waals surface area contributed by atoms with Gasteiger partial charge in [0.2, 0.25) is 5.91 Å². The summed E-state index contributed by atoms with van der Waals surface area (Å²) in [6.07, 6.45) is 0.287. The van der Waals surface area contributed by atoms with Crippen LogP contribution in [0, 0.1) is 20.8 Å². The first-order valence-corrected chi connectivity index (χ1v) is 8.93. The lowest BCUT2D eigenvalue weighted by molar-refractivity contribution is -0.117. The van der Waals surface area contributed by atoms with E-state index < -0.39 is 0 Å². The van der Waals surface area contributed by atoms with Crippen LogP contribution < -0.4 is 15.5 Å². The fourth-order valence-electron chi connectivity index (χ4n) is 3.03. The highest BCUT2D eigenvalue weighted by Gasteiger charge is 2.31. The lowest BCUT2D eigenvalue weighted by Gasteiger charge is -2.19. The summed E-state index contributed by atoms with van der Waals surface area (Å²) in [4.78, 5) is 26.4. The van der Waals surface area contributed by atoms with E-state index in [1.165, 1.54) is 5.56 Å². The number of nitrogens with one attached hydrogen (secondary N) is 2. The zero-order valence-electron chi connectivity index (χ0n) is 15.1. The molecule has 0 bridgehead atoms. The highest BCUT2D eigenvalue weighted by atomic mass is 35.5. The molecule has 136 valence electrons. The summed E-state index contributed by atoms with van der Waals surface area (Å²) in [5.41, 5.74) is 4.66. The molecular formula is C20H22ClN3O2. The van der Waals surface area contributed by atoms with E-state index in [4.69, 9.17) is 11.6 Å². The first-order chi connectivity index (χ1) is 12.3. The fraction of sp³-hybridized carbons (Fsp3) is 0.300. The molecule has 2 N–H and O–H groups in total. The Bertz CT molecular complexity index is 866. The standard InChI is InChI=1S/C20H22ClN3O2/c1-12-7-8-16(9-13(12)2)24-11-15(10-19(24)25)22-20(26)23-18-6-4-5-17(21)14(18)3/h4-9,15H,10-11H2,1-3H3,(H2,22,23,26)/t15-/m0/s1. The molecule has 1 saturated heterocycles. The van der Waals surface area contributed by atoms with Crippen molar-refractivity contribution in [3.05, 3.63) is 58.1 Å². The topological polar surface area (TPSA) is 61.4 Å². The summed E-state index contributed by atoms with van der Waals surface area (Å²) in [5.74, 6) is 0.0116. The average molecular weight is 372 g/mol. The third-order valence-electron chi connectivity index (χ3n) is 4.78. The van der Waals surface area contributed by atoms with Gasteiger partial charge in [-0.05, 0) is 61.7 Å². The minimum absolute atomic E-state index is 0.0116. The minimum Gasteiger partial charge on any atom is -0.333 e. The third-order valence-corrected chi connectivity index (χ3v) is 5.19. The van der Waals surface area contributed by atoms with Gasteiger partial charge in [-0.1, -0.05) is 23.7 Å². The Morgan fingerprint density at radius 2 is 1.92 bits per heavy atom. The van der Waals surface area contributed by atoms with Gasteiger partial charge in [0.25, 0.3) is 0 Å². The van der Waals surface area contributed by atoms with Crippen molar-refractivity contribution in [2.45, 2.75) is 33.2 Å². The highest BCUT2D eigenvalue weighted by Crippen LogP contribution is 2.25. The second-order valence-corrected chi connectivity index (χ2v) is 7.09. The molecule has 26 heavy (non-hydrogen) atoms. The summed E-state index contributed by atoms with van der Waals surface area (Å²) in [6, 6.07) is 10.7. The van der Waals surface area contributed by atoms with Crippen LogP contribution >= 0.6 is 11.6 Å². The molecule has 1 aliphatic heterocycles. The largest absolute Gasteiger partial charge is 0.333 e. The normalized spacial score (nSPS) is 16.7. The Kier molecular flexibility index (Phi) is 5.18. The number of nitrogens with zero attached hydrogens (tertiary/aromatic N) is 1. The summed E-state index contributed by atoms with van der Waals surface area (Å²) in [6.45, 7) is 6.37. The molecule has 0 aromatic heterocycles. The monoisotopic (exact) mass is 371 g/mol. The van der Waals surface area contributed by atoms with E-state index in [-0.39, 0.29) is 24.4 Å². The zero-order chi connectivity index (χ0) is 18.8. The molecule has 1 heterocycles. The molecule has 3 amide bonds. The molecule has 2 aromatic rings. The predicted molar refractivity (Wildman–Crippen MR) is 105 cm³/mol. The smallest absolute Gasteiger partial charge is 0.319 e. The van der Waals surface area contributed by atoms with Gasteiger partial charge in [-0.15, -0.1) is 0 Å². The van der Waals surface area contributed by atoms with Gasteiger partial charge in [0.15, 0.2) is 0 Å². The van der Waals surface area contributed by atoms with Crippen LogP contribution in [0.5, 0.6) is 0 Å². The van der Waals surface area contributed by atoms with Gasteiger partial charge in [0.05, 0.1) is 6.04 Å². The number of rotatable bonds is 3. The fourth-order valence-corrected chi connectivity index (χ4v) is 3.21. The Morgan fingerprint density at radius 1 is 1.15 bits per heavy atom. The van der Waals surface area contributed by atoms with Crippen LogP contribution in [0.4, 0.5) is 16.2 Å². The molecule has 5 nitrogen and oxygen atoms in total. The maximum absolute atomic E-state index is 12.4. The summed E-state index contributed by atoms with van der Waals surface area (Å²) < 4.78 is 0. The third kappa shape index (κ3) is 3.83. The first kappa shape index (κ1) is 18.3. The maximum Gasteiger partial charge on any atom is 0.319 e. The van der Waals surface area contributed by atoms with Gasteiger partial charge in [0.1, 0.15) is 0 Å². The molecule has 0 radical (unpaired) electrons. The van der Waals surface area contributed by atoms with E-state index in [9.17, 15) is 9.59 Å². The van der Waals surface area contributed by atoms with Crippen molar-refractivity contribution in [3.63, 3.8) is 0 Å². The molecule has 1 aliphatic rings. The van der Waals surface area contributed by atoms with Crippen molar-refractivity contribution in [3.8, 4) is 0 Å². The van der Waals surface area contributed by atoms with Crippen LogP contribution in [0.15, 0.2) is 36.4 Å². The minimum atomic E-state index is -0.338. The number of carbonyl (C=O) groups is 2. The van der Waals surface area contributed by atoms with E-state index >= 15 is 0 Å². The number of urea groups is 1. The molecule has 0 saturated carbocycles. The van der Waals surface area contributed by atoms with Gasteiger partial charge < -0.3 is 15.5 Å². The molecule has 2 aromatic carbocycles. The van der Waals surface area contributed by atoms with E-state index in [1.807, 2.05) is 39.0 Å². The van der Waals surface area contributed by atoms with E-state index in [1.54, 1.807) is 23.1 Å². The van der Waals surface area contributed by atoms with Crippen LogP contribution in [-0.2, 0) is 4.79 Å². The van der Waals surface area contributed by atoms with Gasteiger partial charge in [-0.2, -0.15) is 0 Å². The molecule has 0 aliphatic carbocycles. The van der Waals surface area contributed by atoms with Crippen molar-refractivity contribution in [2.75, 3.05) is 16.8 Å². The molecular weight excluding hydrogens is 350 g/mol. The van der Waals surface area contributed by atoms with Crippen molar-refractivity contribution >= 4 is 34.9 Å². The number of anilines is 2. The number of hydrogen-bond donors (Lipinski definition) is 2. The number of carbonyl (C=O) groups excluding carboxylic acids is 2. The number of aryl methyl sites for hydroxylation is 2. The number of benzene rings is 2. The van der Waals surface area contributed by atoms with Gasteiger partial charge in [0, 0.05) is 29.4 Å². The van der Waals surface area contributed by atoms with E-state index in [0.717, 1.165) is 16.8 Å². The summed E-state index contributed by atoms with van der Waals surface area (Å²) in [7, 11) is 0. The Hall–Kier alpha value is -2.53. The van der Waals surface area contributed by atoms with Crippen molar-refractivity contribution < 1.29 is 9.59 Å². The van der Waals surface area contributed by atoms with Crippen LogP contribution in [0.2, 0.25) is 5.02 Å². The first-order valence-electron chi connectivity index (χ1n) is 8.55. The van der Waals surface area contributed by atoms with E-state index in [2.05, 4.69) is 10.6 Å². The van der Waals surface area contributed by atoms with Crippen LogP contribution in [0.1, 0.15) is 23.1 Å². The van der Waals surface area contributed by atoms with Crippen molar-refractivity contribution in [2.24, 2.45) is 0 Å². The van der Waals surface area contributed by atoms with Crippen LogP contribution in [0.3, 0.4) is 0 Å². The quantitative estimate of drug-likeness (QED) is 0.849.